The smallest absolute Gasteiger partial charge is 0.333 e. The fourth-order valence-electron chi connectivity index (χ4n) is 1.26. The highest BCUT2D eigenvalue weighted by Gasteiger charge is 2.16. The number of primary amides is 2. The molecule has 0 aliphatic heterocycles. The second-order valence-corrected chi connectivity index (χ2v) is 3.35. The molecule has 0 saturated carbocycles. The van der Waals surface area contributed by atoms with Gasteiger partial charge in [-0.2, -0.15) is 0 Å². The fraction of sp³-hybridized carbons (Fsp3) is 0.111. The Morgan fingerprint density at radius 1 is 1.17 bits per heavy atom. The molecule has 0 fully saturated rings. The van der Waals surface area contributed by atoms with E-state index >= 15 is 0 Å². The van der Waals surface area contributed by atoms with E-state index in [2.05, 4.69) is 6.07 Å². The third kappa shape index (κ3) is 2.66. The second-order valence-electron chi connectivity index (χ2n) is 3.35. The monoisotopic (exact) mass is 252 g/mol. The summed E-state index contributed by atoms with van der Waals surface area (Å²) in [6.45, 7) is 0.105. The molecule has 97 valence electrons. The highest BCUT2D eigenvalue weighted by atomic mass is 16.2. The first-order valence-corrected chi connectivity index (χ1v) is 4.81. The summed E-state index contributed by atoms with van der Waals surface area (Å²) < 4.78 is 0. The largest absolute Gasteiger partial charge is 0.350 e. The Morgan fingerprint density at radius 2 is 1.72 bits per heavy atom. The maximum Gasteiger partial charge on any atom is 0.333 e. The molecule has 18 heavy (non-hydrogen) atoms. The minimum Gasteiger partial charge on any atom is -0.350 e. The lowest BCUT2D eigenvalue weighted by Crippen LogP contribution is -2.43. The van der Waals surface area contributed by atoms with E-state index < -0.39 is 12.1 Å². The number of rotatable bonds is 3. The van der Waals surface area contributed by atoms with Gasteiger partial charge in [-0.15, -0.1) is 0 Å². The van der Waals surface area contributed by atoms with Crippen molar-refractivity contribution in [2.75, 3.05) is 10.0 Å². The van der Waals surface area contributed by atoms with Crippen LogP contribution in [0.3, 0.4) is 0 Å². The lowest BCUT2D eigenvalue weighted by atomic mass is 10.1. The van der Waals surface area contributed by atoms with Crippen molar-refractivity contribution in [3.8, 4) is 0 Å². The number of urea groups is 2. The first-order valence-electron chi connectivity index (χ1n) is 4.81. The second kappa shape index (κ2) is 5.31. The van der Waals surface area contributed by atoms with E-state index in [1.54, 1.807) is 0 Å². The van der Waals surface area contributed by atoms with Gasteiger partial charge in [-0.1, -0.05) is 0 Å². The van der Waals surface area contributed by atoms with Crippen molar-refractivity contribution < 1.29 is 9.59 Å². The molecule has 10 N–H and O–H groups in total. The number of carbonyl (C=O) groups is 2. The van der Waals surface area contributed by atoms with Crippen LogP contribution < -0.4 is 38.9 Å². The lowest BCUT2D eigenvalue weighted by Gasteiger charge is -2.20. The average Bonchev–Trinajstić information content (AvgIpc) is 2.35. The van der Waals surface area contributed by atoms with Crippen LogP contribution >= 0.6 is 0 Å². The van der Waals surface area contributed by atoms with Crippen molar-refractivity contribution >= 4 is 23.4 Å². The maximum atomic E-state index is 11.0. The van der Waals surface area contributed by atoms with Crippen molar-refractivity contribution in [3.05, 3.63) is 23.8 Å². The predicted molar refractivity (Wildman–Crippen MR) is 65.7 cm³/mol. The molecule has 0 bridgehead atoms. The number of hydrogen-bond donors (Lipinski definition) is 5. The molecule has 0 heterocycles. The minimum absolute atomic E-state index is 0.105. The first-order chi connectivity index (χ1) is 8.38. The molecule has 9 nitrogen and oxygen atoms in total. The first kappa shape index (κ1) is 13.7. The maximum absolute atomic E-state index is 11.0. The molecule has 4 amide bonds. The molecule has 0 aliphatic rings. The summed E-state index contributed by atoms with van der Waals surface area (Å²) in [5, 5.41) is 1.34. The van der Waals surface area contributed by atoms with E-state index in [4.69, 9.17) is 28.9 Å². The van der Waals surface area contributed by atoms with E-state index in [-0.39, 0.29) is 17.9 Å². The van der Waals surface area contributed by atoms with Gasteiger partial charge in [-0.05, 0) is 17.7 Å². The summed E-state index contributed by atoms with van der Waals surface area (Å²) in [5.74, 6) is 10.9. The number of benzene rings is 1. The normalized spacial score (nSPS) is 9.94. The van der Waals surface area contributed by atoms with Gasteiger partial charge in [0.05, 0.1) is 11.4 Å². The van der Waals surface area contributed by atoms with Crippen molar-refractivity contribution in [1.82, 2.24) is 0 Å². The summed E-state index contributed by atoms with van der Waals surface area (Å²) in [4.78, 5) is 21.9. The van der Waals surface area contributed by atoms with Crippen molar-refractivity contribution in [2.24, 2.45) is 28.9 Å². The average molecular weight is 252 g/mol. The van der Waals surface area contributed by atoms with Gasteiger partial charge in [0, 0.05) is 12.6 Å². The third-order valence-electron chi connectivity index (χ3n) is 2.21. The summed E-state index contributed by atoms with van der Waals surface area (Å²) in [5.41, 5.74) is 16.4. The van der Waals surface area contributed by atoms with Gasteiger partial charge in [0.25, 0.3) is 0 Å². The van der Waals surface area contributed by atoms with Gasteiger partial charge in [-0.25, -0.2) is 31.3 Å². The van der Waals surface area contributed by atoms with Gasteiger partial charge in [0.1, 0.15) is 0 Å². The molecule has 0 saturated heterocycles. The van der Waals surface area contributed by atoms with Crippen molar-refractivity contribution in [1.29, 1.82) is 0 Å². The Morgan fingerprint density at radius 3 is 2.17 bits per heavy atom. The zero-order chi connectivity index (χ0) is 13.9. The van der Waals surface area contributed by atoms with Crippen LogP contribution in [0, 0.1) is 6.07 Å². The van der Waals surface area contributed by atoms with E-state index in [9.17, 15) is 9.59 Å². The van der Waals surface area contributed by atoms with Gasteiger partial charge in [-0.3, -0.25) is 0 Å². The molecule has 0 aromatic heterocycles. The number of amides is 4. The SMILES string of the molecule is NCc1c[c]c(N(N)C(N)=O)cc1N(N)C(N)=O. The van der Waals surface area contributed by atoms with E-state index in [0.717, 1.165) is 0 Å². The zero-order valence-corrected chi connectivity index (χ0v) is 9.46. The Hall–Kier alpha value is -2.36. The topological polar surface area (TPSA) is 171 Å². The molecular formula is C9H14N7O2. The summed E-state index contributed by atoms with van der Waals surface area (Å²) in [7, 11) is 0. The number of carbonyl (C=O) groups excluding carboxylic acids is 2. The number of nitrogens with two attached hydrogens (primary N) is 5. The summed E-state index contributed by atoms with van der Waals surface area (Å²) in [6.07, 6.45) is 0. The Bertz CT molecular complexity index is 476. The van der Waals surface area contributed by atoms with Gasteiger partial charge < -0.3 is 17.2 Å². The predicted octanol–water partition coefficient (Wildman–Crippen LogP) is -1.54. The molecular weight excluding hydrogens is 238 g/mol. The Balaban J connectivity index is 3.25. The number of nitrogens with zero attached hydrogens (tertiary/aromatic N) is 2. The number of hydrazine groups is 2. The standard InChI is InChI=1S/C9H14N7O2/c10-4-5-1-2-6(15(13)8(11)17)3-7(5)16(14)9(12)18/h1,3H,4,10,13-14H2,(H2,11,17)(H2,12,18). The minimum atomic E-state index is -0.889. The third-order valence-corrected chi connectivity index (χ3v) is 2.21. The van der Waals surface area contributed by atoms with Crippen LogP contribution in [0.1, 0.15) is 5.56 Å². The molecule has 1 aromatic carbocycles. The zero-order valence-electron chi connectivity index (χ0n) is 9.46. The molecule has 1 rings (SSSR count). The van der Waals surface area contributed by atoms with Crippen LogP contribution in [0.25, 0.3) is 0 Å². The fourth-order valence-corrected chi connectivity index (χ4v) is 1.26. The Kier molecular flexibility index (Phi) is 4.05. The summed E-state index contributed by atoms with van der Waals surface area (Å²) >= 11 is 0. The molecule has 0 aliphatic carbocycles. The van der Waals surface area contributed by atoms with Gasteiger partial charge in [0.15, 0.2) is 0 Å². The van der Waals surface area contributed by atoms with E-state index in [0.29, 0.717) is 15.6 Å². The van der Waals surface area contributed by atoms with Crippen molar-refractivity contribution in [3.63, 3.8) is 0 Å². The quantitative estimate of drug-likeness (QED) is 0.249. The van der Waals surface area contributed by atoms with Crippen LogP contribution in [0.15, 0.2) is 12.1 Å². The van der Waals surface area contributed by atoms with Gasteiger partial charge >= 0.3 is 12.1 Å². The molecule has 0 spiro atoms. The Labute approximate surface area is 103 Å². The molecule has 9 heteroatoms. The van der Waals surface area contributed by atoms with Gasteiger partial charge in [0.2, 0.25) is 0 Å². The van der Waals surface area contributed by atoms with Crippen LogP contribution in [0.2, 0.25) is 0 Å². The molecule has 0 atom stereocenters. The molecule has 1 radical (unpaired) electrons. The van der Waals surface area contributed by atoms with Crippen LogP contribution in [-0.2, 0) is 6.54 Å². The highest BCUT2D eigenvalue weighted by Crippen LogP contribution is 2.23. The molecule has 0 unspecified atom stereocenters. The summed E-state index contributed by atoms with van der Waals surface area (Å²) in [6, 6.07) is 3.69. The number of hydrogen-bond acceptors (Lipinski definition) is 5. The van der Waals surface area contributed by atoms with E-state index in [1.165, 1.54) is 12.1 Å². The van der Waals surface area contributed by atoms with Crippen LogP contribution in [0.4, 0.5) is 21.0 Å². The number of anilines is 2. The van der Waals surface area contributed by atoms with Crippen LogP contribution in [0.5, 0.6) is 0 Å². The van der Waals surface area contributed by atoms with E-state index in [1.807, 2.05) is 0 Å². The molecule has 1 aromatic rings. The van der Waals surface area contributed by atoms with Crippen LogP contribution in [-0.4, -0.2) is 12.1 Å². The highest BCUT2D eigenvalue weighted by molar-refractivity contribution is 5.93. The lowest BCUT2D eigenvalue weighted by molar-refractivity contribution is 0.253. The van der Waals surface area contributed by atoms with Crippen molar-refractivity contribution in [2.45, 2.75) is 6.54 Å².